The summed E-state index contributed by atoms with van der Waals surface area (Å²) in [7, 11) is 0. The average Bonchev–Trinajstić information content (AvgIpc) is 2.88. The van der Waals surface area contributed by atoms with E-state index in [1.807, 2.05) is 26.0 Å². The summed E-state index contributed by atoms with van der Waals surface area (Å²) in [4.78, 5) is 36.2. The van der Waals surface area contributed by atoms with E-state index in [-0.39, 0.29) is 18.1 Å². The van der Waals surface area contributed by atoms with E-state index in [9.17, 15) is 24.6 Å². The molecule has 4 rings (SSSR count). The van der Waals surface area contributed by atoms with Crippen molar-refractivity contribution in [1.82, 2.24) is 0 Å². The number of rotatable bonds is 2. The van der Waals surface area contributed by atoms with Crippen molar-refractivity contribution in [2.45, 2.75) is 51.6 Å². The van der Waals surface area contributed by atoms with Crippen molar-refractivity contribution < 1.29 is 24.6 Å². The summed E-state index contributed by atoms with van der Waals surface area (Å²) in [5, 5.41) is 20.4. The fourth-order valence-corrected chi connectivity index (χ4v) is 5.85. The summed E-state index contributed by atoms with van der Waals surface area (Å²) in [6.45, 7) is 3.31. The van der Waals surface area contributed by atoms with Gasteiger partial charge in [0.25, 0.3) is 0 Å². The second-order valence-electron chi connectivity index (χ2n) is 8.61. The van der Waals surface area contributed by atoms with Crippen molar-refractivity contribution in [2.75, 3.05) is 6.61 Å². The van der Waals surface area contributed by atoms with Gasteiger partial charge in [0.15, 0.2) is 5.78 Å². The van der Waals surface area contributed by atoms with Crippen LogP contribution in [0.3, 0.4) is 0 Å². The molecule has 5 heteroatoms. The Morgan fingerprint density at radius 2 is 1.96 bits per heavy atom. The maximum Gasteiger partial charge on any atom is 0.221 e. The van der Waals surface area contributed by atoms with Gasteiger partial charge >= 0.3 is 0 Å². The summed E-state index contributed by atoms with van der Waals surface area (Å²) in [6.07, 6.45) is 7.87. The lowest BCUT2D eigenvalue weighted by Crippen LogP contribution is -2.54. The van der Waals surface area contributed by atoms with Crippen LogP contribution in [-0.2, 0) is 14.4 Å². The number of carbonyl (C=O) groups is 3. The number of hydrogen-bond donors (Lipinski definition) is 2. The summed E-state index contributed by atoms with van der Waals surface area (Å²) in [6, 6.07) is 0. The van der Waals surface area contributed by atoms with Gasteiger partial charge in [-0.25, -0.2) is 0 Å². The first-order valence-corrected chi connectivity index (χ1v) is 9.25. The molecule has 0 aromatic heterocycles. The monoisotopic (exact) mass is 356 g/mol. The van der Waals surface area contributed by atoms with Gasteiger partial charge < -0.3 is 10.2 Å². The molecule has 26 heavy (non-hydrogen) atoms. The predicted octanol–water partition coefficient (Wildman–Crippen LogP) is 1.83. The van der Waals surface area contributed by atoms with E-state index in [4.69, 9.17) is 0 Å². The van der Waals surface area contributed by atoms with Gasteiger partial charge in [-0.2, -0.15) is 0 Å². The molecule has 4 aliphatic rings. The van der Waals surface area contributed by atoms with E-state index < -0.39 is 34.6 Å². The predicted molar refractivity (Wildman–Crippen MR) is 94.1 cm³/mol. The van der Waals surface area contributed by atoms with Crippen LogP contribution in [0, 0.1) is 16.7 Å². The molecule has 0 aromatic rings. The van der Waals surface area contributed by atoms with E-state index in [0.29, 0.717) is 25.7 Å². The molecule has 0 saturated heterocycles. The second-order valence-corrected chi connectivity index (χ2v) is 8.61. The molecule has 0 spiro atoms. The van der Waals surface area contributed by atoms with Crippen LogP contribution in [0.5, 0.6) is 0 Å². The topological polar surface area (TPSA) is 91.7 Å². The molecule has 0 radical (unpaired) electrons. The van der Waals surface area contributed by atoms with Crippen LogP contribution in [-0.4, -0.2) is 39.8 Å². The Hall–Kier alpha value is -1.85. The van der Waals surface area contributed by atoms with Crippen molar-refractivity contribution in [2.24, 2.45) is 16.7 Å². The Balaban J connectivity index is 1.81. The van der Waals surface area contributed by atoms with Gasteiger partial charge in [0.05, 0.1) is 0 Å². The standard InChI is InChI=1S/C21H24O5/c1-19-10-17(24)16(23)9-12(19)3-4-13-14(19)5-7-20(2)15(13)6-8-21(20,26)18(25)11-22/h3-4,9,15,22,26H,5-8,10-11H2,1-2H3/t15-,19-,20-,21-/m0/s1. The van der Waals surface area contributed by atoms with Crippen molar-refractivity contribution in [1.29, 1.82) is 0 Å². The molecular weight excluding hydrogens is 332 g/mol. The van der Waals surface area contributed by atoms with E-state index in [1.165, 1.54) is 6.08 Å². The van der Waals surface area contributed by atoms with E-state index >= 15 is 0 Å². The SMILES string of the molecule is C[C@]12CC(=O)C(=O)C=C1C=CC1=C2CC[C@@]2(C)[C@H]1CC[C@]2(O)C(=O)CO. The van der Waals surface area contributed by atoms with Gasteiger partial charge in [-0.05, 0) is 48.8 Å². The first-order valence-electron chi connectivity index (χ1n) is 9.25. The highest BCUT2D eigenvalue weighted by atomic mass is 16.3. The number of carbonyl (C=O) groups excluding carboxylic acids is 3. The Morgan fingerprint density at radius 1 is 1.23 bits per heavy atom. The molecule has 5 nitrogen and oxygen atoms in total. The van der Waals surface area contributed by atoms with Crippen LogP contribution in [0.15, 0.2) is 34.9 Å². The van der Waals surface area contributed by atoms with Gasteiger partial charge in [-0.3, -0.25) is 14.4 Å². The lowest BCUT2D eigenvalue weighted by Gasteiger charge is -2.50. The third-order valence-corrected chi connectivity index (χ3v) is 7.55. The average molecular weight is 356 g/mol. The highest BCUT2D eigenvalue weighted by molar-refractivity contribution is 6.42. The number of ketones is 3. The first-order chi connectivity index (χ1) is 12.2. The maximum atomic E-state index is 12.3. The molecule has 0 bridgehead atoms. The van der Waals surface area contributed by atoms with E-state index in [0.717, 1.165) is 16.7 Å². The van der Waals surface area contributed by atoms with Gasteiger partial charge in [0.2, 0.25) is 11.6 Å². The molecule has 0 amide bonds. The zero-order chi connectivity index (χ0) is 18.9. The lowest BCUT2D eigenvalue weighted by atomic mass is 9.54. The molecule has 1 fully saturated rings. The minimum absolute atomic E-state index is 0.00843. The zero-order valence-electron chi connectivity index (χ0n) is 15.2. The molecule has 4 atom stereocenters. The minimum atomic E-state index is -1.51. The highest BCUT2D eigenvalue weighted by Gasteiger charge is 2.63. The molecule has 1 saturated carbocycles. The van der Waals surface area contributed by atoms with Crippen LogP contribution in [0.4, 0.5) is 0 Å². The molecule has 0 heterocycles. The fourth-order valence-electron chi connectivity index (χ4n) is 5.85. The van der Waals surface area contributed by atoms with Crippen LogP contribution in [0.25, 0.3) is 0 Å². The van der Waals surface area contributed by atoms with Gasteiger partial charge in [-0.1, -0.05) is 31.6 Å². The van der Waals surface area contributed by atoms with Crippen LogP contribution >= 0.6 is 0 Å². The van der Waals surface area contributed by atoms with Crippen molar-refractivity contribution >= 4 is 17.3 Å². The Kier molecular flexibility index (Phi) is 3.60. The normalized spacial score (nSPS) is 41.5. The van der Waals surface area contributed by atoms with E-state index in [2.05, 4.69) is 0 Å². The molecular formula is C21H24O5. The van der Waals surface area contributed by atoms with Crippen molar-refractivity contribution in [3.63, 3.8) is 0 Å². The number of aliphatic hydroxyl groups is 2. The zero-order valence-corrected chi connectivity index (χ0v) is 15.2. The van der Waals surface area contributed by atoms with Crippen molar-refractivity contribution in [3.8, 4) is 0 Å². The third-order valence-electron chi connectivity index (χ3n) is 7.55. The lowest BCUT2D eigenvalue weighted by molar-refractivity contribution is -0.154. The number of hydrogen-bond acceptors (Lipinski definition) is 5. The van der Waals surface area contributed by atoms with E-state index in [1.54, 1.807) is 0 Å². The number of fused-ring (bicyclic) bond motifs is 4. The summed E-state index contributed by atoms with van der Waals surface area (Å²) in [5.41, 5.74) is 0.538. The van der Waals surface area contributed by atoms with Crippen molar-refractivity contribution in [3.05, 3.63) is 34.9 Å². The third kappa shape index (κ3) is 1.96. The Bertz CT molecular complexity index is 831. The van der Waals surface area contributed by atoms with Crippen LogP contribution in [0.1, 0.15) is 46.0 Å². The molecule has 0 aromatic carbocycles. The largest absolute Gasteiger partial charge is 0.388 e. The van der Waals surface area contributed by atoms with Gasteiger partial charge in [-0.15, -0.1) is 0 Å². The Labute approximate surface area is 152 Å². The summed E-state index contributed by atoms with van der Waals surface area (Å²) in [5.74, 6) is -1.29. The number of Topliss-reactive ketones (excluding diaryl/α,β-unsaturated/α-hetero) is 2. The van der Waals surface area contributed by atoms with Gasteiger partial charge in [0, 0.05) is 17.3 Å². The first kappa shape index (κ1) is 17.6. The second kappa shape index (κ2) is 5.33. The van der Waals surface area contributed by atoms with Crippen LogP contribution in [0.2, 0.25) is 0 Å². The fraction of sp³-hybridized carbons (Fsp3) is 0.571. The molecule has 0 aliphatic heterocycles. The Morgan fingerprint density at radius 3 is 2.65 bits per heavy atom. The highest BCUT2D eigenvalue weighted by Crippen LogP contribution is 2.63. The number of aliphatic hydroxyl groups excluding tert-OH is 1. The molecule has 4 aliphatic carbocycles. The number of allylic oxidation sites excluding steroid dienone is 6. The van der Waals surface area contributed by atoms with Gasteiger partial charge in [0.1, 0.15) is 12.2 Å². The van der Waals surface area contributed by atoms with Crippen LogP contribution < -0.4 is 0 Å². The smallest absolute Gasteiger partial charge is 0.221 e. The minimum Gasteiger partial charge on any atom is -0.388 e. The summed E-state index contributed by atoms with van der Waals surface area (Å²) < 4.78 is 0. The maximum absolute atomic E-state index is 12.3. The summed E-state index contributed by atoms with van der Waals surface area (Å²) >= 11 is 0. The molecule has 0 unspecified atom stereocenters. The molecule has 138 valence electrons. The molecule has 2 N–H and O–H groups in total. The quantitative estimate of drug-likeness (QED) is 0.737.